The first-order valence-electron chi connectivity index (χ1n) is 5.79. The number of halogens is 3. The van der Waals surface area contributed by atoms with Gasteiger partial charge in [-0.2, -0.15) is 0 Å². The summed E-state index contributed by atoms with van der Waals surface area (Å²) in [6.07, 6.45) is 0. The topological polar surface area (TPSA) is 32.3 Å². The first-order valence-corrected chi connectivity index (χ1v) is 6.17. The summed E-state index contributed by atoms with van der Waals surface area (Å²) in [5, 5.41) is 3.29. The molecule has 19 heavy (non-hydrogen) atoms. The molecule has 0 aliphatic carbocycles. The van der Waals surface area contributed by atoms with Gasteiger partial charge in [-0.3, -0.25) is 4.79 Å². The summed E-state index contributed by atoms with van der Waals surface area (Å²) in [5.41, 5.74) is 0.353. The number of benzene rings is 1. The van der Waals surface area contributed by atoms with E-state index in [1.165, 1.54) is 11.0 Å². The van der Waals surface area contributed by atoms with Gasteiger partial charge in [-0.15, -0.1) is 12.4 Å². The average molecular weight is 309 g/mol. The zero-order valence-electron chi connectivity index (χ0n) is 11.2. The average Bonchev–Trinajstić information content (AvgIpc) is 2.33. The lowest BCUT2D eigenvalue weighted by atomic mass is 10.1. The molecule has 0 aromatic heterocycles. The maximum absolute atomic E-state index is 13.6. The van der Waals surface area contributed by atoms with Crippen molar-refractivity contribution in [1.82, 2.24) is 10.2 Å². The smallest absolute Gasteiger partial charge is 0.226 e. The van der Waals surface area contributed by atoms with E-state index in [0.29, 0.717) is 17.1 Å². The quantitative estimate of drug-likeness (QED) is 0.907. The van der Waals surface area contributed by atoms with E-state index < -0.39 is 0 Å². The minimum absolute atomic E-state index is 0. The van der Waals surface area contributed by atoms with E-state index in [4.69, 9.17) is 11.6 Å². The largest absolute Gasteiger partial charge is 0.341 e. The molecule has 3 nitrogen and oxygen atoms in total. The van der Waals surface area contributed by atoms with Crippen LogP contribution in [0.2, 0.25) is 5.02 Å². The zero-order valence-corrected chi connectivity index (χ0v) is 12.8. The van der Waals surface area contributed by atoms with Gasteiger partial charge in [0.2, 0.25) is 5.91 Å². The van der Waals surface area contributed by atoms with Gasteiger partial charge >= 0.3 is 0 Å². The second-order valence-corrected chi connectivity index (χ2v) is 4.76. The molecule has 1 atom stereocenters. The summed E-state index contributed by atoms with van der Waals surface area (Å²) in [6, 6.07) is 4.51. The fourth-order valence-corrected chi connectivity index (χ4v) is 1.99. The van der Waals surface area contributed by atoms with Crippen molar-refractivity contribution in [1.29, 1.82) is 0 Å². The van der Waals surface area contributed by atoms with Crippen LogP contribution in [-0.2, 0) is 11.3 Å². The molecule has 0 saturated heterocycles. The molecular formula is C13H19Cl2FN2O. The molecule has 0 aliphatic heterocycles. The van der Waals surface area contributed by atoms with Gasteiger partial charge in [-0.05, 0) is 19.2 Å². The number of carbonyl (C=O) groups is 1. The van der Waals surface area contributed by atoms with Crippen molar-refractivity contribution >= 4 is 29.9 Å². The van der Waals surface area contributed by atoms with Crippen LogP contribution in [0.15, 0.2) is 18.2 Å². The van der Waals surface area contributed by atoms with Crippen LogP contribution in [0.5, 0.6) is 0 Å². The lowest BCUT2D eigenvalue weighted by Gasteiger charge is -2.22. The Bertz CT molecular complexity index is 409. The third-order valence-electron chi connectivity index (χ3n) is 2.77. The molecule has 0 spiro atoms. The number of hydrogen-bond acceptors (Lipinski definition) is 2. The minimum atomic E-state index is -0.386. The normalized spacial score (nSPS) is 11.6. The Morgan fingerprint density at radius 2 is 2.16 bits per heavy atom. The van der Waals surface area contributed by atoms with Crippen molar-refractivity contribution in [3.8, 4) is 0 Å². The highest BCUT2D eigenvalue weighted by Gasteiger charge is 2.19. The van der Waals surface area contributed by atoms with Gasteiger partial charge in [0.15, 0.2) is 0 Å². The SMILES string of the molecule is CNCC(C)C(=O)N(C)Cc1c(F)cccc1Cl.Cl. The molecule has 1 aromatic carbocycles. The first-order chi connectivity index (χ1) is 8.47. The molecule has 0 bridgehead atoms. The minimum Gasteiger partial charge on any atom is -0.341 e. The van der Waals surface area contributed by atoms with Crippen molar-refractivity contribution < 1.29 is 9.18 Å². The van der Waals surface area contributed by atoms with E-state index in [2.05, 4.69) is 5.32 Å². The van der Waals surface area contributed by atoms with Crippen molar-refractivity contribution in [2.45, 2.75) is 13.5 Å². The zero-order chi connectivity index (χ0) is 13.7. The Kier molecular flexibility index (Phi) is 7.99. The van der Waals surface area contributed by atoms with Crippen molar-refractivity contribution in [2.75, 3.05) is 20.6 Å². The highest BCUT2D eigenvalue weighted by molar-refractivity contribution is 6.31. The van der Waals surface area contributed by atoms with E-state index in [9.17, 15) is 9.18 Å². The molecule has 6 heteroatoms. The number of carbonyl (C=O) groups excluding carboxylic acids is 1. The van der Waals surface area contributed by atoms with Crippen LogP contribution in [0.1, 0.15) is 12.5 Å². The van der Waals surface area contributed by atoms with E-state index in [-0.39, 0.29) is 36.6 Å². The van der Waals surface area contributed by atoms with Crippen LogP contribution in [0, 0.1) is 11.7 Å². The lowest BCUT2D eigenvalue weighted by Crippen LogP contribution is -2.35. The van der Waals surface area contributed by atoms with Crippen LogP contribution in [0.25, 0.3) is 0 Å². The Morgan fingerprint density at radius 3 is 2.68 bits per heavy atom. The van der Waals surface area contributed by atoms with Gasteiger partial charge in [0.1, 0.15) is 5.82 Å². The molecule has 1 unspecified atom stereocenters. The van der Waals surface area contributed by atoms with Crippen LogP contribution in [0.3, 0.4) is 0 Å². The molecular weight excluding hydrogens is 290 g/mol. The maximum Gasteiger partial charge on any atom is 0.226 e. The second kappa shape index (κ2) is 8.35. The lowest BCUT2D eigenvalue weighted by molar-refractivity contribution is -0.134. The number of amides is 1. The Labute approximate surface area is 124 Å². The van der Waals surface area contributed by atoms with E-state index in [1.807, 2.05) is 6.92 Å². The van der Waals surface area contributed by atoms with Crippen molar-refractivity contribution in [3.05, 3.63) is 34.6 Å². The van der Waals surface area contributed by atoms with Crippen molar-refractivity contribution in [2.24, 2.45) is 5.92 Å². The standard InChI is InChI=1S/C13H18ClFN2O.ClH/c1-9(7-16-2)13(18)17(3)8-10-11(14)5-4-6-12(10)15;/h4-6,9,16H,7-8H2,1-3H3;1H. The molecule has 0 fully saturated rings. The Balaban J connectivity index is 0.00000324. The summed E-state index contributed by atoms with van der Waals surface area (Å²) in [4.78, 5) is 13.5. The van der Waals surface area contributed by atoms with Crippen LogP contribution < -0.4 is 5.32 Å². The van der Waals surface area contributed by atoms with Gasteiger partial charge in [0.25, 0.3) is 0 Å². The summed E-state index contributed by atoms with van der Waals surface area (Å²) >= 11 is 5.93. The van der Waals surface area contributed by atoms with Gasteiger partial charge in [0, 0.05) is 36.6 Å². The van der Waals surface area contributed by atoms with Gasteiger partial charge in [0.05, 0.1) is 0 Å². The molecule has 1 N–H and O–H groups in total. The van der Waals surface area contributed by atoms with E-state index >= 15 is 0 Å². The fourth-order valence-electron chi connectivity index (χ4n) is 1.77. The second-order valence-electron chi connectivity index (χ2n) is 4.35. The van der Waals surface area contributed by atoms with E-state index in [1.54, 1.807) is 26.2 Å². The predicted molar refractivity (Wildman–Crippen MR) is 78.2 cm³/mol. The van der Waals surface area contributed by atoms with Gasteiger partial charge in [-0.25, -0.2) is 4.39 Å². The molecule has 0 saturated carbocycles. The third-order valence-corrected chi connectivity index (χ3v) is 3.12. The predicted octanol–water partition coefficient (Wildman–Crippen LogP) is 2.71. The molecule has 1 rings (SSSR count). The monoisotopic (exact) mass is 308 g/mol. The molecule has 108 valence electrons. The molecule has 0 aliphatic rings. The van der Waals surface area contributed by atoms with Gasteiger partial charge in [-0.1, -0.05) is 24.6 Å². The molecule has 0 radical (unpaired) electrons. The van der Waals surface area contributed by atoms with Crippen LogP contribution >= 0.6 is 24.0 Å². The number of rotatable bonds is 5. The maximum atomic E-state index is 13.6. The third kappa shape index (κ3) is 4.97. The van der Waals surface area contributed by atoms with Crippen LogP contribution in [-0.4, -0.2) is 31.4 Å². The summed E-state index contributed by atoms with van der Waals surface area (Å²) < 4.78 is 13.6. The number of nitrogens with one attached hydrogen (secondary N) is 1. The number of nitrogens with zero attached hydrogens (tertiary/aromatic N) is 1. The molecule has 1 amide bonds. The van der Waals surface area contributed by atoms with Gasteiger partial charge < -0.3 is 10.2 Å². The molecule has 1 aromatic rings. The summed E-state index contributed by atoms with van der Waals surface area (Å²) in [7, 11) is 3.44. The van der Waals surface area contributed by atoms with Crippen LogP contribution in [0.4, 0.5) is 4.39 Å². The Morgan fingerprint density at radius 1 is 1.53 bits per heavy atom. The van der Waals surface area contributed by atoms with Crippen molar-refractivity contribution in [3.63, 3.8) is 0 Å². The highest BCUT2D eigenvalue weighted by atomic mass is 35.5. The highest BCUT2D eigenvalue weighted by Crippen LogP contribution is 2.20. The summed E-state index contributed by atoms with van der Waals surface area (Å²) in [5.74, 6) is -0.572. The number of hydrogen-bond donors (Lipinski definition) is 1. The molecule has 0 heterocycles. The fraction of sp³-hybridized carbons (Fsp3) is 0.462. The van der Waals surface area contributed by atoms with E-state index in [0.717, 1.165) is 0 Å². The first kappa shape index (κ1) is 18.2. The summed E-state index contributed by atoms with van der Waals surface area (Å²) in [6.45, 7) is 2.60. The Hall–Kier alpha value is -0.840.